The van der Waals surface area contributed by atoms with Crippen molar-refractivity contribution < 1.29 is 14.6 Å². The Morgan fingerprint density at radius 2 is 2.10 bits per heavy atom. The third kappa shape index (κ3) is 3.48. The Kier molecular flexibility index (Phi) is 5.06. The Bertz CT molecular complexity index is 1080. The first kappa shape index (κ1) is 18.8. The fourth-order valence-corrected chi connectivity index (χ4v) is 3.89. The summed E-state index contributed by atoms with van der Waals surface area (Å²) in [5.74, 6) is 0.447. The molecule has 0 amide bonds. The van der Waals surface area contributed by atoms with Crippen molar-refractivity contribution >= 4 is 22.7 Å². The zero-order valence-electron chi connectivity index (χ0n) is 16.0. The molecule has 0 saturated carbocycles. The van der Waals surface area contributed by atoms with E-state index in [1.165, 1.54) is 0 Å². The molecule has 8 heteroatoms. The van der Waals surface area contributed by atoms with E-state index in [1.54, 1.807) is 31.6 Å². The van der Waals surface area contributed by atoms with Crippen molar-refractivity contribution in [2.75, 3.05) is 38.2 Å². The zero-order chi connectivity index (χ0) is 20.4. The molecule has 3 heterocycles. The van der Waals surface area contributed by atoms with Crippen LogP contribution in [0.1, 0.15) is 17.2 Å². The Morgan fingerprint density at radius 1 is 1.31 bits per heavy atom. The van der Waals surface area contributed by atoms with E-state index in [9.17, 15) is 15.2 Å². The number of hydrogen-bond donors (Lipinski definition) is 2. The highest BCUT2D eigenvalue weighted by molar-refractivity contribution is 5.90. The number of piperazine rings is 1. The van der Waals surface area contributed by atoms with Gasteiger partial charge in [0, 0.05) is 55.0 Å². The van der Waals surface area contributed by atoms with Crippen LogP contribution in [0.3, 0.4) is 0 Å². The first-order chi connectivity index (χ1) is 14.1. The number of ether oxygens (including phenoxy) is 1. The lowest BCUT2D eigenvalue weighted by Gasteiger charge is -2.38. The molecule has 4 rings (SSSR count). The number of nitrogens with one attached hydrogen (secondary N) is 1. The number of rotatable bonds is 5. The largest absolute Gasteiger partial charge is 0.497 e. The van der Waals surface area contributed by atoms with Crippen LogP contribution in [-0.4, -0.2) is 59.2 Å². The molecular weight excluding hydrogens is 370 g/mol. The number of methoxy groups -OCH3 is 1. The molecule has 0 aliphatic carbocycles. The fourth-order valence-electron chi connectivity index (χ4n) is 3.89. The second kappa shape index (κ2) is 7.81. The number of hydrogen-bond acceptors (Lipinski definition) is 6. The van der Waals surface area contributed by atoms with Crippen LogP contribution in [0.4, 0.5) is 5.82 Å². The zero-order valence-corrected chi connectivity index (χ0v) is 16.0. The minimum Gasteiger partial charge on any atom is -0.497 e. The molecule has 3 aromatic rings. The van der Waals surface area contributed by atoms with E-state index in [2.05, 4.69) is 16.0 Å². The summed E-state index contributed by atoms with van der Waals surface area (Å²) in [6.07, 6.45) is 3.43. The number of pyridine rings is 1. The van der Waals surface area contributed by atoms with E-state index in [1.807, 2.05) is 28.0 Å². The molecule has 2 N–H and O–H groups in total. The van der Waals surface area contributed by atoms with Gasteiger partial charge in [-0.25, -0.2) is 4.98 Å². The number of aromatic amines is 1. The Labute approximate surface area is 167 Å². The van der Waals surface area contributed by atoms with Gasteiger partial charge in [0.25, 0.3) is 0 Å². The molecule has 0 spiro atoms. The molecule has 1 atom stereocenters. The first-order valence-corrected chi connectivity index (χ1v) is 9.34. The molecule has 8 nitrogen and oxygen atoms in total. The van der Waals surface area contributed by atoms with Crippen LogP contribution in [0, 0.1) is 11.3 Å². The van der Waals surface area contributed by atoms with E-state index in [0.29, 0.717) is 43.3 Å². The van der Waals surface area contributed by atoms with Crippen LogP contribution >= 0.6 is 0 Å². The quantitative estimate of drug-likeness (QED) is 0.688. The minimum atomic E-state index is -0.891. The van der Waals surface area contributed by atoms with Crippen LogP contribution in [0.25, 0.3) is 10.9 Å². The van der Waals surface area contributed by atoms with Gasteiger partial charge >= 0.3 is 5.97 Å². The molecule has 0 unspecified atom stereocenters. The summed E-state index contributed by atoms with van der Waals surface area (Å²) in [6.45, 7) is 2.30. The van der Waals surface area contributed by atoms with Crippen molar-refractivity contribution in [2.45, 2.75) is 6.04 Å². The van der Waals surface area contributed by atoms with Crippen molar-refractivity contribution in [3.63, 3.8) is 0 Å². The number of H-pyrrole nitrogens is 1. The maximum absolute atomic E-state index is 12.2. The number of carboxylic acids is 1. The number of fused-ring (bicyclic) bond motifs is 1. The van der Waals surface area contributed by atoms with E-state index in [0.717, 1.165) is 16.5 Å². The number of benzene rings is 1. The Morgan fingerprint density at radius 3 is 2.79 bits per heavy atom. The molecule has 2 aromatic heterocycles. The Balaban J connectivity index is 1.59. The van der Waals surface area contributed by atoms with Crippen LogP contribution in [0.5, 0.6) is 5.75 Å². The van der Waals surface area contributed by atoms with Crippen molar-refractivity contribution in [1.82, 2.24) is 14.9 Å². The fraction of sp³-hybridized carbons (Fsp3) is 0.286. The molecule has 1 aliphatic heterocycles. The number of aromatic nitrogens is 2. The van der Waals surface area contributed by atoms with Gasteiger partial charge in [-0.2, -0.15) is 5.26 Å². The van der Waals surface area contributed by atoms with Crippen molar-refractivity contribution in [1.29, 1.82) is 5.26 Å². The summed E-state index contributed by atoms with van der Waals surface area (Å²) in [5, 5.41) is 20.1. The number of carbonyl (C=O) groups is 1. The van der Waals surface area contributed by atoms with Gasteiger partial charge in [0.1, 0.15) is 23.7 Å². The molecule has 1 aromatic carbocycles. The smallest absolute Gasteiger partial charge is 0.325 e. The molecule has 148 valence electrons. The highest BCUT2D eigenvalue weighted by Crippen LogP contribution is 2.32. The number of carboxylic acid groups (broad SMARTS) is 1. The topological polar surface area (TPSA) is 105 Å². The first-order valence-electron chi connectivity index (χ1n) is 9.34. The molecule has 0 bridgehead atoms. The molecule has 29 heavy (non-hydrogen) atoms. The number of aliphatic carboxylic acids is 1. The van der Waals surface area contributed by atoms with Crippen molar-refractivity contribution in [3.8, 4) is 11.8 Å². The van der Waals surface area contributed by atoms with E-state index in [-0.39, 0.29) is 0 Å². The predicted molar refractivity (Wildman–Crippen MR) is 108 cm³/mol. The average Bonchev–Trinajstić information content (AvgIpc) is 3.17. The van der Waals surface area contributed by atoms with Gasteiger partial charge in [0.2, 0.25) is 0 Å². The van der Waals surface area contributed by atoms with Crippen LogP contribution < -0.4 is 9.64 Å². The lowest BCUT2D eigenvalue weighted by Crippen LogP contribution is -2.49. The van der Waals surface area contributed by atoms with E-state index >= 15 is 0 Å². The summed E-state index contributed by atoms with van der Waals surface area (Å²) < 4.78 is 5.30. The van der Waals surface area contributed by atoms with Gasteiger partial charge in [-0.15, -0.1) is 0 Å². The second-order valence-electron chi connectivity index (χ2n) is 6.91. The summed E-state index contributed by atoms with van der Waals surface area (Å²) in [7, 11) is 1.59. The lowest BCUT2D eigenvalue weighted by atomic mass is 10.0. The highest BCUT2D eigenvalue weighted by Gasteiger charge is 2.32. The SMILES string of the molecule is COc1ccc2[nH]cc([C@H](C(=O)O)N3CCN(c4ncccc4C#N)CC3)c2c1. The van der Waals surface area contributed by atoms with Gasteiger partial charge in [-0.05, 0) is 30.3 Å². The summed E-state index contributed by atoms with van der Waals surface area (Å²) in [6, 6.07) is 10.5. The third-order valence-electron chi connectivity index (χ3n) is 5.34. The molecule has 1 saturated heterocycles. The third-order valence-corrected chi connectivity index (χ3v) is 5.34. The second-order valence-corrected chi connectivity index (χ2v) is 6.91. The van der Waals surface area contributed by atoms with Gasteiger partial charge < -0.3 is 19.7 Å². The number of nitriles is 1. The molecule has 0 radical (unpaired) electrons. The lowest BCUT2D eigenvalue weighted by molar-refractivity contribution is -0.143. The molecular formula is C21H21N5O3. The average molecular weight is 391 g/mol. The summed E-state index contributed by atoms with van der Waals surface area (Å²) in [4.78, 5) is 23.7. The normalized spacial score (nSPS) is 15.8. The molecule has 1 fully saturated rings. The van der Waals surface area contributed by atoms with Gasteiger partial charge in [-0.1, -0.05) is 0 Å². The van der Waals surface area contributed by atoms with Crippen molar-refractivity contribution in [3.05, 3.63) is 53.9 Å². The van der Waals surface area contributed by atoms with Gasteiger partial charge in [0.05, 0.1) is 12.7 Å². The standard InChI is InChI=1S/C21H21N5O3/c1-29-15-4-5-18-16(11-15)17(13-24-18)19(21(27)28)25-7-9-26(10-8-25)20-14(12-22)3-2-6-23-20/h2-6,11,13,19,24H,7-10H2,1H3,(H,27,28)/t19-/m1/s1. The number of anilines is 1. The maximum atomic E-state index is 12.2. The van der Waals surface area contributed by atoms with Crippen LogP contribution in [0.15, 0.2) is 42.7 Å². The van der Waals surface area contributed by atoms with Gasteiger partial charge in [-0.3, -0.25) is 9.69 Å². The van der Waals surface area contributed by atoms with Crippen molar-refractivity contribution in [2.24, 2.45) is 0 Å². The maximum Gasteiger partial charge on any atom is 0.325 e. The van der Waals surface area contributed by atoms with Crippen LogP contribution in [0.2, 0.25) is 0 Å². The van der Waals surface area contributed by atoms with Crippen LogP contribution in [-0.2, 0) is 4.79 Å². The molecule has 1 aliphatic rings. The predicted octanol–water partition coefficient (Wildman–Crippen LogP) is 2.39. The Hall–Kier alpha value is -3.57. The summed E-state index contributed by atoms with van der Waals surface area (Å²) in [5.41, 5.74) is 2.12. The minimum absolute atomic E-state index is 0.527. The van der Waals surface area contributed by atoms with E-state index in [4.69, 9.17) is 4.74 Å². The van der Waals surface area contributed by atoms with E-state index < -0.39 is 12.0 Å². The highest BCUT2D eigenvalue weighted by atomic mass is 16.5. The number of nitrogens with zero attached hydrogens (tertiary/aromatic N) is 4. The monoisotopic (exact) mass is 391 g/mol. The van der Waals surface area contributed by atoms with Gasteiger partial charge in [0.15, 0.2) is 0 Å². The summed E-state index contributed by atoms with van der Waals surface area (Å²) >= 11 is 0.